The molecular weight excluding hydrogens is 432 g/mol. The van der Waals surface area contributed by atoms with E-state index in [-0.39, 0.29) is 10.8 Å². The second-order valence-corrected chi connectivity index (χ2v) is 10.0. The van der Waals surface area contributed by atoms with Crippen molar-refractivity contribution in [3.05, 3.63) is 87.9 Å². The van der Waals surface area contributed by atoms with Crippen LogP contribution in [0.15, 0.2) is 65.6 Å². The summed E-state index contributed by atoms with van der Waals surface area (Å²) in [4.78, 5) is 13.0. The average Bonchev–Trinajstić information content (AvgIpc) is 2.75. The number of aryl methyl sites for hydroxylation is 3. The molecule has 0 spiro atoms. The van der Waals surface area contributed by atoms with Crippen LogP contribution in [0.4, 0.5) is 11.4 Å². The zero-order chi connectivity index (χ0) is 22.2. The number of hydrogen-bond donors (Lipinski definition) is 1. The van der Waals surface area contributed by atoms with E-state index in [4.69, 9.17) is 11.6 Å². The van der Waals surface area contributed by atoms with E-state index in [1.165, 1.54) is 16.4 Å². The minimum Gasteiger partial charge on any atom is -0.322 e. The van der Waals surface area contributed by atoms with Crippen molar-refractivity contribution in [2.75, 3.05) is 16.2 Å². The third-order valence-electron chi connectivity index (χ3n) is 5.58. The molecule has 0 unspecified atom stereocenters. The zero-order valence-electron chi connectivity index (χ0n) is 17.4. The minimum absolute atomic E-state index is 0.196. The molecule has 1 amide bonds. The van der Waals surface area contributed by atoms with Gasteiger partial charge in [-0.2, -0.15) is 0 Å². The lowest BCUT2D eigenvalue weighted by Crippen LogP contribution is -2.35. The monoisotopic (exact) mass is 454 g/mol. The number of nitrogens with zero attached hydrogens (tertiary/aromatic N) is 1. The lowest BCUT2D eigenvalue weighted by atomic mass is 10.0. The molecule has 0 aliphatic carbocycles. The molecule has 0 fully saturated rings. The number of carbonyl (C=O) groups is 1. The maximum Gasteiger partial charge on any atom is 0.264 e. The van der Waals surface area contributed by atoms with E-state index in [0.29, 0.717) is 35.7 Å². The second kappa shape index (κ2) is 8.36. The minimum atomic E-state index is -3.71. The Bertz CT molecular complexity index is 1250. The fourth-order valence-electron chi connectivity index (χ4n) is 3.71. The van der Waals surface area contributed by atoms with Gasteiger partial charge in [0, 0.05) is 22.8 Å². The summed E-state index contributed by atoms with van der Waals surface area (Å²) >= 11 is 5.90. The highest BCUT2D eigenvalue weighted by atomic mass is 35.5. The van der Waals surface area contributed by atoms with Crippen molar-refractivity contribution in [2.45, 2.75) is 31.6 Å². The maximum atomic E-state index is 13.2. The Balaban J connectivity index is 1.61. The molecule has 1 aliphatic heterocycles. The fourth-order valence-corrected chi connectivity index (χ4v) is 5.38. The zero-order valence-corrected chi connectivity index (χ0v) is 18.9. The molecule has 0 radical (unpaired) electrons. The number of nitrogens with one attached hydrogen (secondary N) is 1. The van der Waals surface area contributed by atoms with Gasteiger partial charge in [-0.1, -0.05) is 17.7 Å². The van der Waals surface area contributed by atoms with Gasteiger partial charge in [-0.25, -0.2) is 8.42 Å². The lowest BCUT2D eigenvalue weighted by Gasteiger charge is -2.30. The SMILES string of the molecule is Cc1ccc(NC(=O)c2ccc3c(c2)CCCN3S(=O)(=O)c2ccc(Cl)cc2)cc1C. The van der Waals surface area contributed by atoms with Gasteiger partial charge in [0.25, 0.3) is 15.9 Å². The van der Waals surface area contributed by atoms with E-state index in [9.17, 15) is 13.2 Å². The van der Waals surface area contributed by atoms with Gasteiger partial charge < -0.3 is 5.32 Å². The number of carbonyl (C=O) groups excluding carboxylic acids is 1. The number of fused-ring (bicyclic) bond motifs is 1. The highest BCUT2D eigenvalue weighted by Gasteiger charge is 2.29. The quantitative estimate of drug-likeness (QED) is 0.577. The Morgan fingerprint density at radius 2 is 1.71 bits per heavy atom. The molecular formula is C24H23ClN2O3S. The summed E-state index contributed by atoms with van der Waals surface area (Å²) < 4.78 is 27.8. The molecule has 1 heterocycles. The first kappa shape index (κ1) is 21.4. The predicted octanol–water partition coefficient (Wildman–Crippen LogP) is 5.35. The van der Waals surface area contributed by atoms with Gasteiger partial charge in [0.15, 0.2) is 0 Å². The molecule has 0 saturated carbocycles. The van der Waals surface area contributed by atoms with Crippen molar-refractivity contribution in [3.8, 4) is 0 Å². The van der Waals surface area contributed by atoms with Crippen LogP contribution in [0.2, 0.25) is 5.02 Å². The second-order valence-electron chi connectivity index (χ2n) is 7.73. The van der Waals surface area contributed by atoms with Crippen LogP contribution in [0.25, 0.3) is 0 Å². The van der Waals surface area contributed by atoms with E-state index in [0.717, 1.165) is 22.4 Å². The summed E-state index contributed by atoms with van der Waals surface area (Å²) in [6.07, 6.45) is 1.40. The van der Waals surface area contributed by atoms with Crippen molar-refractivity contribution in [1.82, 2.24) is 0 Å². The van der Waals surface area contributed by atoms with Crippen molar-refractivity contribution < 1.29 is 13.2 Å². The number of rotatable bonds is 4. The number of anilines is 2. The maximum absolute atomic E-state index is 13.2. The third-order valence-corrected chi connectivity index (χ3v) is 7.66. The molecule has 1 aliphatic rings. The van der Waals surface area contributed by atoms with Gasteiger partial charge in [0.2, 0.25) is 0 Å². The molecule has 4 rings (SSSR count). The lowest BCUT2D eigenvalue weighted by molar-refractivity contribution is 0.102. The Kier molecular flexibility index (Phi) is 5.77. The number of hydrogen-bond acceptors (Lipinski definition) is 3. The average molecular weight is 455 g/mol. The van der Waals surface area contributed by atoms with Gasteiger partial charge in [0.1, 0.15) is 0 Å². The summed E-state index contributed by atoms with van der Waals surface area (Å²) in [6, 6.07) is 17.1. The van der Waals surface area contributed by atoms with Crippen LogP contribution in [-0.2, 0) is 16.4 Å². The van der Waals surface area contributed by atoms with E-state index in [2.05, 4.69) is 5.32 Å². The smallest absolute Gasteiger partial charge is 0.264 e. The first-order valence-corrected chi connectivity index (χ1v) is 11.9. The van der Waals surface area contributed by atoms with Gasteiger partial charge in [-0.3, -0.25) is 9.10 Å². The Morgan fingerprint density at radius 1 is 0.968 bits per heavy atom. The van der Waals surface area contributed by atoms with Crippen molar-refractivity contribution >= 4 is 38.9 Å². The van der Waals surface area contributed by atoms with Crippen LogP contribution in [-0.4, -0.2) is 20.9 Å². The van der Waals surface area contributed by atoms with Gasteiger partial charge >= 0.3 is 0 Å². The van der Waals surface area contributed by atoms with Crippen molar-refractivity contribution in [1.29, 1.82) is 0 Å². The van der Waals surface area contributed by atoms with E-state index >= 15 is 0 Å². The summed E-state index contributed by atoms with van der Waals surface area (Å²) in [6.45, 7) is 4.42. The number of halogens is 1. The molecule has 0 saturated heterocycles. The van der Waals surface area contributed by atoms with Crippen LogP contribution in [0.1, 0.15) is 33.5 Å². The van der Waals surface area contributed by atoms with E-state index in [1.807, 2.05) is 32.0 Å². The third kappa shape index (κ3) is 4.31. The molecule has 1 N–H and O–H groups in total. The highest BCUT2D eigenvalue weighted by Crippen LogP contribution is 2.33. The van der Waals surface area contributed by atoms with Crippen LogP contribution in [0.5, 0.6) is 0 Å². The molecule has 3 aromatic carbocycles. The predicted molar refractivity (Wildman–Crippen MR) is 125 cm³/mol. The summed E-state index contributed by atoms with van der Waals surface area (Å²) in [5, 5.41) is 3.41. The topological polar surface area (TPSA) is 66.5 Å². The van der Waals surface area contributed by atoms with Crippen LogP contribution in [0, 0.1) is 13.8 Å². The molecule has 7 heteroatoms. The van der Waals surface area contributed by atoms with E-state index < -0.39 is 10.0 Å². The normalized spacial score (nSPS) is 13.6. The molecule has 0 aromatic heterocycles. The summed E-state index contributed by atoms with van der Waals surface area (Å²) in [5.74, 6) is -0.219. The van der Waals surface area contributed by atoms with Crippen molar-refractivity contribution in [2.24, 2.45) is 0 Å². The van der Waals surface area contributed by atoms with E-state index in [1.54, 1.807) is 30.3 Å². The van der Waals surface area contributed by atoms with Gasteiger partial charge in [-0.15, -0.1) is 0 Å². The Morgan fingerprint density at radius 3 is 2.42 bits per heavy atom. The number of benzene rings is 3. The standard InChI is InChI=1S/C24H23ClN2O3S/c1-16-5-9-21(14-17(16)2)26-24(28)19-6-12-23-18(15-19)4-3-13-27(23)31(29,30)22-10-7-20(25)8-11-22/h5-12,14-15H,3-4,13H2,1-2H3,(H,26,28). The van der Waals surface area contributed by atoms with Crippen LogP contribution < -0.4 is 9.62 Å². The van der Waals surface area contributed by atoms with Crippen LogP contribution >= 0.6 is 11.6 Å². The first-order valence-electron chi connectivity index (χ1n) is 10.1. The van der Waals surface area contributed by atoms with Gasteiger partial charge in [-0.05, 0) is 98.0 Å². The fraction of sp³-hybridized carbons (Fsp3) is 0.208. The largest absolute Gasteiger partial charge is 0.322 e. The number of sulfonamides is 1. The Hall–Kier alpha value is -2.83. The summed E-state index contributed by atoms with van der Waals surface area (Å²) in [7, 11) is -3.71. The molecule has 160 valence electrons. The Labute approximate surface area is 187 Å². The molecule has 31 heavy (non-hydrogen) atoms. The molecule has 3 aromatic rings. The van der Waals surface area contributed by atoms with Crippen LogP contribution in [0.3, 0.4) is 0 Å². The molecule has 0 atom stereocenters. The van der Waals surface area contributed by atoms with Crippen molar-refractivity contribution in [3.63, 3.8) is 0 Å². The van der Waals surface area contributed by atoms with Gasteiger partial charge in [0.05, 0.1) is 10.6 Å². The highest BCUT2D eigenvalue weighted by molar-refractivity contribution is 7.92. The molecule has 5 nitrogen and oxygen atoms in total. The summed E-state index contributed by atoms with van der Waals surface area (Å²) in [5.41, 5.74) is 4.96. The first-order chi connectivity index (χ1) is 14.8. The molecule has 0 bridgehead atoms. The number of amides is 1.